The van der Waals surface area contributed by atoms with E-state index in [0.717, 1.165) is 46.3 Å². The number of alkyl halides is 3. The molecule has 0 radical (unpaired) electrons. The van der Waals surface area contributed by atoms with Crippen LogP contribution in [0.5, 0.6) is 5.75 Å². The maximum Gasteiger partial charge on any atom is 0.421 e. The summed E-state index contributed by atoms with van der Waals surface area (Å²) >= 11 is 0. The molecule has 3 aliphatic heterocycles. The monoisotopic (exact) mass is 849 g/mol. The van der Waals surface area contributed by atoms with E-state index in [4.69, 9.17) is 4.74 Å². The summed E-state index contributed by atoms with van der Waals surface area (Å²) in [5.41, 5.74) is 2.46. The molecule has 0 saturated carbocycles. The SMILES string of the molecule is COc1cc(CCN2CCN(c3ccc4c(c3)C(=O)N(C3CCC(=O)NC3=O)C4=O)CC2)ccc1Nc1ncc(C(F)(F)F)c(NCc2cccc(N(C)S(C)(=O)=O)c2)n1. The quantitative estimate of drug-likeness (QED) is 0.164. The molecule has 7 rings (SSSR count). The Morgan fingerprint density at radius 3 is 2.40 bits per heavy atom. The summed E-state index contributed by atoms with van der Waals surface area (Å²) in [6, 6.07) is 15.9. The number of fused-ring (bicyclic) bond motifs is 1. The molecular formula is C40H42F3N9O7S. The topological polar surface area (TPSA) is 186 Å². The molecular weight excluding hydrogens is 808 g/mol. The van der Waals surface area contributed by atoms with Crippen molar-refractivity contribution in [2.45, 2.75) is 38.0 Å². The van der Waals surface area contributed by atoms with E-state index in [0.29, 0.717) is 48.4 Å². The lowest BCUT2D eigenvalue weighted by molar-refractivity contribution is -0.138. The third-order valence-electron chi connectivity index (χ3n) is 10.7. The summed E-state index contributed by atoms with van der Waals surface area (Å²) < 4.78 is 72.6. The van der Waals surface area contributed by atoms with Gasteiger partial charge in [-0.15, -0.1) is 0 Å². The lowest BCUT2D eigenvalue weighted by atomic mass is 10.0. The Balaban J connectivity index is 0.952. The number of nitrogens with one attached hydrogen (secondary N) is 3. The van der Waals surface area contributed by atoms with Gasteiger partial charge < -0.3 is 20.3 Å². The zero-order valence-electron chi connectivity index (χ0n) is 32.9. The highest BCUT2D eigenvalue weighted by Crippen LogP contribution is 2.36. The molecule has 3 aromatic carbocycles. The molecule has 316 valence electrons. The maximum atomic E-state index is 14.0. The number of rotatable bonds is 13. The number of anilines is 5. The van der Waals surface area contributed by atoms with Crippen molar-refractivity contribution in [3.05, 3.63) is 94.7 Å². The Morgan fingerprint density at radius 1 is 0.950 bits per heavy atom. The second kappa shape index (κ2) is 16.8. The van der Waals surface area contributed by atoms with Gasteiger partial charge in [0.25, 0.3) is 11.8 Å². The first-order valence-corrected chi connectivity index (χ1v) is 20.8. The van der Waals surface area contributed by atoms with Crippen LogP contribution in [0.2, 0.25) is 0 Å². The molecule has 1 atom stereocenters. The Hall–Kier alpha value is -6.28. The molecule has 60 heavy (non-hydrogen) atoms. The van der Waals surface area contributed by atoms with Gasteiger partial charge in [0.15, 0.2) is 0 Å². The summed E-state index contributed by atoms with van der Waals surface area (Å²) in [5.74, 6) is -2.32. The highest BCUT2D eigenvalue weighted by atomic mass is 32.2. The van der Waals surface area contributed by atoms with Gasteiger partial charge in [-0.3, -0.25) is 38.6 Å². The minimum Gasteiger partial charge on any atom is -0.495 e. The van der Waals surface area contributed by atoms with Gasteiger partial charge >= 0.3 is 6.18 Å². The standard InChI is InChI=1S/C40H42F3N9O7S/c1-49(60(3,57)58)26-6-4-5-25(19-26)22-44-35-30(40(41,42)43)23-45-39(48-35)46-31-10-7-24(20-33(31)59-2)13-14-50-15-17-51(18-16-50)27-8-9-28-29(21-27)38(56)52(37(28)55)32-11-12-34(53)47-36(32)54/h4-10,19-21,23,32H,11-18,22H2,1-3H3,(H,47,53,54)(H2,44,45,46,48). The van der Waals surface area contributed by atoms with Crippen LogP contribution < -0.4 is 29.9 Å². The molecule has 2 saturated heterocycles. The molecule has 4 heterocycles. The number of carbonyl (C=O) groups excluding carboxylic acids is 4. The first-order chi connectivity index (χ1) is 28.5. The number of nitrogens with zero attached hydrogens (tertiary/aromatic N) is 6. The van der Waals surface area contributed by atoms with Gasteiger partial charge in [0, 0.05) is 64.6 Å². The normalized spacial score (nSPS) is 17.4. The van der Waals surface area contributed by atoms with E-state index < -0.39 is 57.3 Å². The number of piperidine rings is 1. The van der Waals surface area contributed by atoms with Crippen LogP contribution in [0, 0.1) is 0 Å². The number of hydrogen-bond acceptors (Lipinski definition) is 13. The van der Waals surface area contributed by atoms with E-state index in [2.05, 4.69) is 35.7 Å². The predicted octanol–water partition coefficient (Wildman–Crippen LogP) is 4.02. The Bertz CT molecular complexity index is 2460. The summed E-state index contributed by atoms with van der Waals surface area (Å²) in [4.78, 5) is 63.9. The number of piperazine rings is 1. The maximum absolute atomic E-state index is 14.0. The van der Waals surface area contributed by atoms with Crippen LogP contribution in [0.4, 0.5) is 42.0 Å². The van der Waals surface area contributed by atoms with Crippen LogP contribution in [0.25, 0.3) is 0 Å². The third kappa shape index (κ3) is 8.98. The van der Waals surface area contributed by atoms with Gasteiger partial charge in [0.05, 0.1) is 35.9 Å². The smallest absolute Gasteiger partial charge is 0.421 e. The molecule has 16 nitrogen and oxygen atoms in total. The van der Waals surface area contributed by atoms with Crippen LogP contribution in [0.15, 0.2) is 66.9 Å². The van der Waals surface area contributed by atoms with Crippen molar-refractivity contribution >= 4 is 62.5 Å². The predicted molar refractivity (Wildman–Crippen MR) is 216 cm³/mol. The first kappa shape index (κ1) is 41.9. The highest BCUT2D eigenvalue weighted by molar-refractivity contribution is 7.92. The molecule has 4 amide bonds. The van der Waals surface area contributed by atoms with Gasteiger partial charge in [0.2, 0.25) is 27.8 Å². The van der Waals surface area contributed by atoms with Gasteiger partial charge in [-0.2, -0.15) is 18.2 Å². The summed E-state index contributed by atoms with van der Waals surface area (Å²) in [6.07, 6.45) is -2.20. The molecule has 2 fully saturated rings. The van der Waals surface area contributed by atoms with Gasteiger partial charge in [-0.1, -0.05) is 18.2 Å². The summed E-state index contributed by atoms with van der Waals surface area (Å²) in [7, 11) is -0.684. The van der Waals surface area contributed by atoms with E-state index in [1.807, 2.05) is 12.1 Å². The van der Waals surface area contributed by atoms with Crippen LogP contribution in [0.3, 0.4) is 0 Å². The third-order valence-corrected chi connectivity index (χ3v) is 11.9. The van der Waals surface area contributed by atoms with Crippen LogP contribution >= 0.6 is 0 Å². The van der Waals surface area contributed by atoms with E-state index in [1.54, 1.807) is 48.5 Å². The van der Waals surface area contributed by atoms with Gasteiger partial charge in [-0.25, -0.2) is 13.4 Å². The lowest BCUT2D eigenvalue weighted by Gasteiger charge is -2.36. The minimum atomic E-state index is -4.75. The Morgan fingerprint density at radius 2 is 1.70 bits per heavy atom. The number of aromatic nitrogens is 2. The number of imide groups is 2. The Kier molecular flexibility index (Phi) is 11.7. The zero-order valence-corrected chi connectivity index (χ0v) is 33.7. The number of hydrogen-bond donors (Lipinski definition) is 3. The van der Waals surface area contributed by atoms with Crippen molar-refractivity contribution in [2.24, 2.45) is 0 Å². The number of amides is 4. The van der Waals surface area contributed by atoms with E-state index in [-0.39, 0.29) is 36.5 Å². The van der Waals surface area contributed by atoms with Crippen LogP contribution in [0.1, 0.15) is 50.2 Å². The molecule has 0 bridgehead atoms. The largest absolute Gasteiger partial charge is 0.495 e. The van der Waals surface area contributed by atoms with Crippen LogP contribution in [-0.4, -0.2) is 111 Å². The van der Waals surface area contributed by atoms with E-state index >= 15 is 0 Å². The average Bonchev–Trinajstić information content (AvgIpc) is 3.46. The second-order valence-corrected chi connectivity index (χ2v) is 16.6. The van der Waals surface area contributed by atoms with Crippen LogP contribution in [-0.2, 0) is 38.8 Å². The molecule has 4 aromatic rings. The van der Waals surface area contributed by atoms with Crippen molar-refractivity contribution in [1.82, 2.24) is 25.1 Å². The summed E-state index contributed by atoms with van der Waals surface area (Å²) in [5, 5.41) is 7.89. The van der Waals surface area contributed by atoms with Gasteiger partial charge in [0.1, 0.15) is 23.2 Å². The second-order valence-electron chi connectivity index (χ2n) is 14.6. The minimum absolute atomic E-state index is 0.0484. The number of halogens is 3. The first-order valence-electron chi connectivity index (χ1n) is 19.0. The molecule has 0 aliphatic carbocycles. The fourth-order valence-corrected chi connectivity index (χ4v) is 7.81. The highest BCUT2D eigenvalue weighted by Gasteiger charge is 2.45. The number of sulfonamides is 1. The molecule has 20 heteroatoms. The van der Waals surface area contributed by atoms with Crippen molar-refractivity contribution in [1.29, 1.82) is 0 Å². The number of carbonyl (C=O) groups is 4. The number of benzene rings is 3. The molecule has 1 unspecified atom stereocenters. The van der Waals surface area contributed by atoms with Crippen molar-refractivity contribution in [3.63, 3.8) is 0 Å². The molecule has 3 N–H and O–H groups in total. The van der Waals surface area contributed by atoms with E-state index in [1.165, 1.54) is 14.2 Å². The Labute approximate surface area is 343 Å². The lowest BCUT2D eigenvalue weighted by Crippen LogP contribution is -2.54. The molecule has 1 aromatic heterocycles. The average molecular weight is 850 g/mol. The summed E-state index contributed by atoms with van der Waals surface area (Å²) in [6.45, 7) is 3.44. The molecule has 3 aliphatic rings. The van der Waals surface area contributed by atoms with E-state index in [9.17, 15) is 40.8 Å². The zero-order chi connectivity index (χ0) is 42.9. The molecule has 0 spiro atoms. The fourth-order valence-electron chi connectivity index (χ4n) is 7.31. The number of methoxy groups -OCH3 is 1. The van der Waals surface area contributed by atoms with Gasteiger partial charge in [-0.05, 0) is 66.4 Å². The van der Waals surface area contributed by atoms with Crippen molar-refractivity contribution < 1.29 is 45.5 Å². The fraction of sp³-hybridized carbons (Fsp3) is 0.350. The van der Waals surface area contributed by atoms with Crippen molar-refractivity contribution in [2.75, 3.05) is 73.0 Å². The number of ether oxygens (including phenoxy) is 1. The van der Waals surface area contributed by atoms with Crippen molar-refractivity contribution in [3.8, 4) is 5.75 Å².